The zero-order chi connectivity index (χ0) is 20.4. The summed E-state index contributed by atoms with van der Waals surface area (Å²) >= 11 is 3.08. The second-order valence-electron chi connectivity index (χ2n) is 7.30. The Morgan fingerprint density at radius 2 is 2.10 bits per heavy atom. The zero-order valence-corrected chi connectivity index (χ0v) is 17.4. The highest BCUT2D eigenvalue weighted by atomic mass is 32.2. The lowest BCUT2D eigenvalue weighted by atomic mass is 9.97. The van der Waals surface area contributed by atoms with Gasteiger partial charge in [0.25, 0.3) is 5.91 Å². The van der Waals surface area contributed by atoms with Crippen molar-refractivity contribution in [2.24, 2.45) is 5.92 Å². The molecule has 29 heavy (non-hydrogen) atoms. The van der Waals surface area contributed by atoms with Crippen molar-refractivity contribution >= 4 is 41.3 Å². The third-order valence-electron chi connectivity index (χ3n) is 5.37. The van der Waals surface area contributed by atoms with Crippen LogP contribution in [-0.4, -0.2) is 63.8 Å². The minimum absolute atomic E-state index is 0.0759. The molecular formula is C20H23N3O4S2. The van der Waals surface area contributed by atoms with Gasteiger partial charge in [-0.05, 0) is 37.1 Å². The fraction of sp³-hybridized carbons (Fsp3) is 0.450. The highest BCUT2D eigenvalue weighted by Gasteiger charge is 2.54. The van der Waals surface area contributed by atoms with Crippen molar-refractivity contribution in [3.8, 4) is 0 Å². The number of carboxylic acid groups (broad SMARTS) is 1. The smallest absolute Gasteiger partial charge is 0.352 e. The lowest BCUT2D eigenvalue weighted by Gasteiger charge is -2.49. The summed E-state index contributed by atoms with van der Waals surface area (Å²) in [6, 6.07) is 9.12. The lowest BCUT2D eigenvalue weighted by Crippen LogP contribution is -2.71. The number of hydrogen-bond donors (Lipinski definition) is 3. The summed E-state index contributed by atoms with van der Waals surface area (Å²) < 4.78 is 0. The second-order valence-corrected chi connectivity index (χ2v) is 9.45. The second kappa shape index (κ2) is 8.81. The number of β-lactam (4-membered cyclic amide) rings is 1. The van der Waals surface area contributed by atoms with E-state index in [4.69, 9.17) is 0 Å². The van der Waals surface area contributed by atoms with E-state index in [1.807, 2.05) is 30.3 Å². The van der Waals surface area contributed by atoms with Gasteiger partial charge >= 0.3 is 5.97 Å². The number of rotatable bonds is 6. The molecule has 2 saturated heterocycles. The van der Waals surface area contributed by atoms with Crippen molar-refractivity contribution in [1.29, 1.82) is 0 Å². The number of thioether (sulfide) groups is 2. The van der Waals surface area contributed by atoms with Crippen molar-refractivity contribution in [2.45, 2.75) is 29.2 Å². The average molecular weight is 434 g/mol. The molecule has 1 aromatic carbocycles. The molecule has 154 valence electrons. The summed E-state index contributed by atoms with van der Waals surface area (Å²) in [5.74, 6) is -0.631. The lowest BCUT2D eigenvalue weighted by molar-refractivity contribution is -0.151. The van der Waals surface area contributed by atoms with Gasteiger partial charge in [0.15, 0.2) is 0 Å². The summed E-state index contributed by atoms with van der Waals surface area (Å²) in [5.41, 5.74) is 0.814. The monoisotopic (exact) mass is 433 g/mol. The fourth-order valence-corrected chi connectivity index (χ4v) is 6.23. The van der Waals surface area contributed by atoms with Crippen molar-refractivity contribution in [1.82, 2.24) is 15.5 Å². The molecule has 0 spiro atoms. The molecule has 3 unspecified atom stereocenters. The van der Waals surface area contributed by atoms with Gasteiger partial charge in [-0.2, -0.15) is 0 Å². The minimum atomic E-state index is -1.09. The molecule has 2 fully saturated rings. The first-order valence-corrected chi connectivity index (χ1v) is 11.7. The Labute approximate surface area is 177 Å². The van der Waals surface area contributed by atoms with Crippen LogP contribution in [0, 0.1) is 5.92 Å². The number of aliphatic carboxylic acids is 1. The number of hydrogen-bond acceptors (Lipinski definition) is 6. The van der Waals surface area contributed by atoms with Gasteiger partial charge in [0.1, 0.15) is 17.1 Å². The van der Waals surface area contributed by atoms with Crippen LogP contribution in [0.2, 0.25) is 0 Å². The van der Waals surface area contributed by atoms with Crippen molar-refractivity contribution in [3.63, 3.8) is 0 Å². The minimum Gasteiger partial charge on any atom is -0.477 e. The first kappa shape index (κ1) is 20.3. The molecule has 0 aromatic heterocycles. The number of nitrogens with zero attached hydrogens (tertiary/aromatic N) is 1. The van der Waals surface area contributed by atoms with Gasteiger partial charge in [-0.25, -0.2) is 4.79 Å². The maximum absolute atomic E-state index is 12.7. The highest BCUT2D eigenvalue weighted by Crippen LogP contribution is 2.41. The molecular weight excluding hydrogens is 410 g/mol. The molecule has 3 heterocycles. The number of fused-ring (bicyclic) bond motifs is 1. The van der Waals surface area contributed by atoms with Crippen LogP contribution >= 0.6 is 23.5 Å². The molecule has 1 aromatic rings. The van der Waals surface area contributed by atoms with E-state index >= 15 is 0 Å². The molecule has 4 rings (SSSR count). The van der Waals surface area contributed by atoms with Crippen molar-refractivity contribution in [3.05, 3.63) is 41.6 Å². The molecule has 0 radical (unpaired) electrons. The third-order valence-corrected chi connectivity index (χ3v) is 7.81. The van der Waals surface area contributed by atoms with E-state index in [1.54, 1.807) is 11.8 Å². The number of benzene rings is 1. The molecule has 3 aliphatic rings. The average Bonchev–Trinajstić information content (AvgIpc) is 2.76. The molecule has 3 aliphatic heterocycles. The topological polar surface area (TPSA) is 98.7 Å². The first-order valence-electron chi connectivity index (χ1n) is 9.65. The maximum atomic E-state index is 12.7. The Balaban J connectivity index is 1.44. The number of amides is 2. The van der Waals surface area contributed by atoms with Crippen LogP contribution in [0.25, 0.3) is 0 Å². The van der Waals surface area contributed by atoms with Crippen LogP contribution < -0.4 is 10.6 Å². The molecule has 3 atom stereocenters. The Kier molecular flexibility index (Phi) is 6.17. The normalized spacial score (nSPS) is 26.6. The zero-order valence-electron chi connectivity index (χ0n) is 15.8. The van der Waals surface area contributed by atoms with E-state index in [0.29, 0.717) is 18.1 Å². The van der Waals surface area contributed by atoms with Gasteiger partial charge in [-0.3, -0.25) is 14.5 Å². The van der Waals surface area contributed by atoms with Crippen molar-refractivity contribution in [2.75, 3.05) is 24.6 Å². The summed E-state index contributed by atoms with van der Waals surface area (Å²) in [6.07, 6.45) is 1.75. The van der Waals surface area contributed by atoms with Gasteiger partial charge in [-0.1, -0.05) is 18.2 Å². The first-order chi connectivity index (χ1) is 14.1. The molecule has 3 N–H and O–H groups in total. The molecule has 0 saturated carbocycles. The van der Waals surface area contributed by atoms with E-state index in [0.717, 1.165) is 29.9 Å². The van der Waals surface area contributed by atoms with Gasteiger partial charge in [-0.15, -0.1) is 23.5 Å². The summed E-state index contributed by atoms with van der Waals surface area (Å²) in [5, 5.41) is 15.5. The van der Waals surface area contributed by atoms with E-state index in [-0.39, 0.29) is 28.8 Å². The van der Waals surface area contributed by atoms with Crippen molar-refractivity contribution < 1.29 is 19.5 Å². The van der Waals surface area contributed by atoms with E-state index in [1.165, 1.54) is 16.7 Å². The number of carboxylic acids is 1. The number of carbonyl (C=O) groups excluding carboxylic acids is 2. The van der Waals surface area contributed by atoms with Crippen LogP contribution in [-0.2, 0) is 14.4 Å². The van der Waals surface area contributed by atoms with E-state index in [9.17, 15) is 19.5 Å². The van der Waals surface area contributed by atoms with Crippen LogP contribution in [0.15, 0.2) is 46.5 Å². The molecule has 0 aliphatic carbocycles. The number of piperidine rings is 1. The molecule has 7 nitrogen and oxygen atoms in total. The fourth-order valence-electron chi connectivity index (χ4n) is 3.83. The molecule has 2 amide bonds. The summed E-state index contributed by atoms with van der Waals surface area (Å²) in [6.45, 7) is 1.53. The van der Waals surface area contributed by atoms with E-state index < -0.39 is 12.0 Å². The molecule has 0 bridgehead atoms. The predicted molar refractivity (Wildman–Crippen MR) is 112 cm³/mol. The largest absolute Gasteiger partial charge is 0.477 e. The standard InChI is InChI=1S/C20H23N3O4S2/c24-17(12-5-4-8-21-9-12)22-15-18(25)23-16(20(26)27)13(11-29-19(15)23)10-28-14-6-2-1-3-7-14/h1-3,6-7,12,15,19,21H,4-5,8-11H2,(H,22,24)(H,26,27). The number of nitrogens with one attached hydrogen (secondary N) is 2. The van der Waals surface area contributed by atoms with Gasteiger partial charge in [0.05, 0.1) is 5.92 Å². The van der Waals surface area contributed by atoms with Crippen LogP contribution in [0.3, 0.4) is 0 Å². The Bertz CT molecular complexity index is 839. The third kappa shape index (κ3) is 4.17. The Morgan fingerprint density at radius 1 is 1.31 bits per heavy atom. The van der Waals surface area contributed by atoms with Gasteiger partial charge in [0, 0.05) is 22.9 Å². The van der Waals surface area contributed by atoms with Crippen LogP contribution in [0.4, 0.5) is 0 Å². The predicted octanol–water partition coefficient (Wildman–Crippen LogP) is 1.52. The van der Waals surface area contributed by atoms with E-state index in [2.05, 4.69) is 10.6 Å². The van der Waals surface area contributed by atoms with Gasteiger partial charge in [0.2, 0.25) is 5.91 Å². The summed E-state index contributed by atoms with van der Waals surface area (Å²) in [4.78, 5) is 39.5. The maximum Gasteiger partial charge on any atom is 0.352 e. The SMILES string of the molecule is O=C(O)C1=C(CSc2ccccc2)CSC2C(NC(=O)C3CCCNC3)C(=O)N12. The number of carbonyl (C=O) groups is 3. The Morgan fingerprint density at radius 3 is 2.79 bits per heavy atom. The Hall–Kier alpha value is -1.97. The quantitative estimate of drug-likeness (QED) is 0.462. The summed E-state index contributed by atoms with van der Waals surface area (Å²) in [7, 11) is 0. The van der Waals surface area contributed by atoms with Crippen LogP contribution in [0.1, 0.15) is 12.8 Å². The van der Waals surface area contributed by atoms with Crippen LogP contribution in [0.5, 0.6) is 0 Å². The highest BCUT2D eigenvalue weighted by molar-refractivity contribution is 8.01. The molecule has 9 heteroatoms. The van der Waals surface area contributed by atoms with Gasteiger partial charge < -0.3 is 15.7 Å².